The van der Waals surface area contributed by atoms with Gasteiger partial charge < -0.3 is 14.1 Å². The molecule has 3 heterocycles. The molecular weight excluding hydrogens is 300 g/mol. The van der Waals surface area contributed by atoms with E-state index in [9.17, 15) is 4.79 Å². The molecule has 4 rings (SSSR count). The fourth-order valence-electron chi connectivity index (χ4n) is 3.17. The van der Waals surface area contributed by atoms with Gasteiger partial charge in [-0.25, -0.2) is 4.98 Å². The molecule has 1 atom stereocenters. The molecule has 1 aromatic carbocycles. The Labute approximate surface area is 133 Å². The van der Waals surface area contributed by atoms with Crippen molar-refractivity contribution in [3.05, 3.63) is 24.3 Å². The van der Waals surface area contributed by atoms with Crippen molar-refractivity contribution >= 4 is 28.8 Å². The Morgan fingerprint density at radius 3 is 2.82 bits per heavy atom. The third-order valence-corrected chi connectivity index (χ3v) is 5.44. The maximum Gasteiger partial charge on any atom is 0.257 e. The first-order valence-electron chi connectivity index (χ1n) is 7.72. The van der Waals surface area contributed by atoms with Crippen molar-refractivity contribution in [1.29, 1.82) is 0 Å². The molecule has 0 spiro atoms. The van der Waals surface area contributed by atoms with Gasteiger partial charge in [-0.15, -0.1) is 0 Å². The summed E-state index contributed by atoms with van der Waals surface area (Å²) in [5.74, 6) is 0.221. The van der Waals surface area contributed by atoms with Crippen LogP contribution in [0.5, 0.6) is 0 Å². The van der Waals surface area contributed by atoms with Crippen molar-refractivity contribution in [1.82, 2.24) is 9.88 Å². The van der Waals surface area contributed by atoms with E-state index >= 15 is 0 Å². The Hall–Kier alpha value is -1.53. The lowest BCUT2D eigenvalue weighted by atomic mass is 10.1. The Morgan fingerprint density at radius 1 is 1.18 bits per heavy atom. The predicted molar refractivity (Wildman–Crippen MR) is 83.8 cm³/mol. The van der Waals surface area contributed by atoms with E-state index in [2.05, 4.69) is 4.98 Å². The summed E-state index contributed by atoms with van der Waals surface area (Å²) >= 11 is 1.45. The van der Waals surface area contributed by atoms with Crippen molar-refractivity contribution in [2.24, 2.45) is 0 Å². The quantitative estimate of drug-likeness (QED) is 0.871. The number of likely N-dealkylation sites (tertiary alicyclic amines) is 1. The number of benzene rings is 1. The number of thioether (sulfide) groups is 1. The minimum Gasteiger partial charge on any atom is -0.431 e. The molecule has 0 aliphatic carbocycles. The van der Waals surface area contributed by atoms with Crippen molar-refractivity contribution in [3.63, 3.8) is 0 Å². The topological polar surface area (TPSA) is 55.6 Å². The highest BCUT2D eigenvalue weighted by atomic mass is 32.2. The van der Waals surface area contributed by atoms with Crippen molar-refractivity contribution < 1.29 is 13.9 Å². The number of ether oxygens (including phenoxy) is 1. The smallest absolute Gasteiger partial charge is 0.257 e. The van der Waals surface area contributed by atoms with E-state index in [0.717, 1.165) is 50.1 Å². The van der Waals surface area contributed by atoms with Gasteiger partial charge in [-0.2, -0.15) is 0 Å². The van der Waals surface area contributed by atoms with Gasteiger partial charge in [-0.1, -0.05) is 23.9 Å². The Bertz CT molecular complexity index is 648. The normalized spacial score (nSPS) is 23.5. The second-order valence-corrected chi connectivity index (χ2v) is 6.87. The molecule has 0 radical (unpaired) electrons. The number of hydrogen-bond acceptors (Lipinski definition) is 5. The van der Waals surface area contributed by atoms with Crippen LogP contribution in [-0.4, -0.2) is 46.8 Å². The lowest BCUT2D eigenvalue weighted by Gasteiger charge is -2.31. The summed E-state index contributed by atoms with van der Waals surface area (Å²) in [5, 5.41) is 0.518. The van der Waals surface area contributed by atoms with Crippen molar-refractivity contribution in [3.8, 4) is 0 Å². The van der Waals surface area contributed by atoms with Gasteiger partial charge in [0, 0.05) is 25.8 Å². The van der Waals surface area contributed by atoms with Gasteiger partial charge in [-0.3, -0.25) is 4.79 Å². The third kappa shape index (κ3) is 2.61. The van der Waals surface area contributed by atoms with Gasteiger partial charge >= 0.3 is 0 Å². The van der Waals surface area contributed by atoms with Crippen LogP contribution in [0, 0.1) is 0 Å². The first-order valence-corrected chi connectivity index (χ1v) is 8.60. The second-order valence-electron chi connectivity index (χ2n) is 5.72. The summed E-state index contributed by atoms with van der Waals surface area (Å²) < 4.78 is 11.1. The summed E-state index contributed by atoms with van der Waals surface area (Å²) in [6.45, 7) is 2.36. The zero-order valence-corrected chi connectivity index (χ0v) is 13.1. The number of oxazole rings is 1. The highest BCUT2D eigenvalue weighted by Gasteiger charge is 2.37. The molecule has 1 amide bonds. The number of aromatic nitrogens is 1. The lowest BCUT2D eigenvalue weighted by molar-refractivity contribution is -0.130. The average Bonchev–Trinajstić information content (AvgIpc) is 3.12. The van der Waals surface area contributed by atoms with E-state index in [1.807, 2.05) is 29.2 Å². The first kappa shape index (κ1) is 14.1. The van der Waals surface area contributed by atoms with Crippen molar-refractivity contribution in [2.45, 2.75) is 35.8 Å². The monoisotopic (exact) mass is 318 g/mol. The largest absolute Gasteiger partial charge is 0.431 e. The maximum absolute atomic E-state index is 12.6. The Kier molecular flexibility index (Phi) is 3.80. The lowest BCUT2D eigenvalue weighted by Crippen LogP contribution is -2.41. The molecule has 116 valence electrons. The van der Waals surface area contributed by atoms with E-state index in [-0.39, 0.29) is 11.2 Å². The molecule has 2 aromatic rings. The molecule has 0 saturated carbocycles. The second kappa shape index (κ2) is 5.93. The summed E-state index contributed by atoms with van der Waals surface area (Å²) in [4.78, 5) is 19.1. The standard InChI is InChI=1S/C16H18N2O3S/c19-15-14(5-8-18(15)11-6-9-20-10-7-11)22-16-17-12-3-1-2-4-13(12)21-16/h1-4,11,14H,5-10H2/t14-/m0/s1. The molecule has 2 aliphatic rings. The Balaban J connectivity index is 1.46. The molecule has 2 aliphatic heterocycles. The van der Waals surface area contributed by atoms with Gasteiger partial charge in [0.25, 0.3) is 5.22 Å². The van der Waals surface area contributed by atoms with Crippen LogP contribution < -0.4 is 0 Å². The third-order valence-electron chi connectivity index (χ3n) is 4.34. The fraction of sp³-hybridized carbons (Fsp3) is 0.500. The molecule has 2 fully saturated rings. The molecule has 22 heavy (non-hydrogen) atoms. The van der Waals surface area contributed by atoms with Crippen LogP contribution in [0.2, 0.25) is 0 Å². The van der Waals surface area contributed by atoms with Crippen LogP contribution in [0.4, 0.5) is 0 Å². The minimum atomic E-state index is -0.0732. The van der Waals surface area contributed by atoms with Crippen LogP contribution in [-0.2, 0) is 9.53 Å². The molecule has 6 heteroatoms. The van der Waals surface area contributed by atoms with Gasteiger partial charge in [0.15, 0.2) is 5.58 Å². The number of rotatable bonds is 3. The highest BCUT2D eigenvalue weighted by Crippen LogP contribution is 2.34. The number of amides is 1. The van der Waals surface area contributed by atoms with Gasteiger partial charge in [0.05, 0.1) is 5.25 Å². The number of hydrogen-bond donors (Lipinski definition) is 0. The minimum absolute atomic E-state index is 0.0732. The zero-order chi connectivity index (χ0) is 14.9. The van der Waals surface area contributed by atoms with Gasteiger partial charge in [0.2, 0.25) is 5.91 Å². The molecule has 2 saturated heterocycles. The first-order chi connectivity index (χ1) is 10.8. The molecule has 0 N–H and O–H groups in total. The van der Waals surface area contributed by atoms with Crippen LogP contribution >= 0.6 is 11.8 Å². The molecule has 5 nitrogen and oxygen atoms in total. The number of carbonyl (C=O) groups excluding carboxylic acids is 1. The fourth-order valence-corrected chi connectivity index (χ4v) is 4.16. The summed E-state index contributed by atoms with van der Waals surface area (Å²) in [7, 11) is 0. The molecule has 1 aromatic heterocycles. The maximum atomic E-state index is 12.6. The van der Waals surface area contributed by atoms with E-state index in [4.69, 9.17) is 9.15 Å². The predicted octanol–water partition coefficient (Wildman–Crippen LogP) is 2.70. The van der Waals surface area contributed by atoms with Crippen LogP contribution in [0.15, 0.2) is 33.9 Å². The summed E-state index contributed by atoms with van der Waals surface area (Å²) in [6, 6.07) is 8.03. The number of nitrogens with zero attached hydrogens (tertiary/aromatic N) is 2. The molecular formula is C16H18N2O3S. The van der Waals surface area contributed by atoms with Gasteiger partial charge in [-0.05, 0) is 31.4 Å². The summed E-state index contributed by atoms with van der Waals surface area (Å²) in [5.41, 5.74) is 1.62. The number of para-hydroxylation sites is 2. The zero-order valence-electron chi connectivity index (χ0n) is 12.2. The van der Waals surface area contributed by atoms with E-state index in [1.165, 1.54) is 11.8 Å². The van der Waals surface area contributed by atoms with Crippen LogP contribution in [0.1, 0.15) is 19.3 Å². The molecule has 0 unspecified atom stereocenters. The highest BCUT2D eigenvalue weighted by molar-refractivity contribution is 8.00. The van der Waals surface area contributed by atoms with Crippen molar-refractivity contribution in [2.75, 3.05) is 19.8 Å². The number of fused-ring (bicyclic) bond motifs is 1. The average molecular weight is 318 g/mol. The van der Waals surface area contributed by atoms with Crippen LogP contribution in [0.25, 0.3) is 11.1 Å². The SMILES string of the molecule is O=C1[C@@H](Sc2nc3ccccc3o2)CCN1C1CCOCC1. The Morgan fingerprint density at radius 2 is 2.00 bits per heavy atom. The van der Waals surface area contributed by atoms with E-state index in [1.54, 1.807) is 0 Å². The number of carbonyl (C=O) groups is 1. The van der Waals surface area contributed by atoms with E-state index in [0.29, 0.717) is 11.3 Å². The van der Waals surface area contributed by atoms with E-state index < -0.39 is 0 Å². The van der Waals surface area contributed by atoms with Crippen LogP contribution in [0.3, 0.4) is 0 Å². The van der Waals surface area contributed by atoms with Gasteiger partial charge in [0.1, 0.15) is 5.52 Å². The summed E-state index contributed by atoms with van der Waals surface area (Å²) in [6.07, 6.45) is 2.76. The molecule has 0 bridgehead atoms.